The van der Waals surface area contributed by atoms with E-state index in [1.165, 1.54) is 24.1 Å². The lowest BCUT2D eigenvalue weighted by atomic mass is 9.86. The summed E-state index contributed by atoms with van der Waals surface area (Å²) in [7, 11) is 0. The molecule has 2 unspecified atom stereocenters. The predicted octanol–water partition coefficient (Wildman–Crippen LogP) is 3.37. The van der Waals surface area contributed by atoms with Gasteiger partial charge in [0, 0.05) is 16.3 Å². The minimum atomic E-state index is 0.100. The predicted molar refractivity (Wildman–Crippen MR) is 67.9 cm³/mol. The van der Waals surface area contributed by atoms with Crippen LogP contribution in [0.5, 0.6) is 0 Å². The van der Waals surface area contributed by atoms with Crippen molar-refractivity contribution in [1.29, 1.82) is 0 Å². The number of hydrogen-bond donors (Lipinski definition) is 1. The number of nitrogens with one attached hydrogen (secondary N) is 1. The van der Waals surface area contributed by atoms with E-state index in [-0.39, 0.29) is 5.91 Å². The lowest BCUT2D eigenvalue weighted by molar-refractivity contribution is 0.0910. The number of aryl methyl sites for hydroxylation is 1. The Bertz CT molecular complexity index is 372. The maximum absolute atomic E-state index is 12.0. The number of thiophene rings is 1. The topological polar surface area (TPSA) is 29.1 Å². The van der Waals surface area contributed by atoms with Gasteiger partial charge < -0.3 is 5.32 Å². The van der Waals surface area contributed by atoms with Crippen LogP contribution < -0.4 is 5.32 Å². The third-order valence-corrected chi connectivity index (χ3v) is 4.28. The molecule has 0 aliphatic heterocycles. The Labute approximate surface area is 101 Å². The van der Waals surface area contributed by atoms with Gasteiger partial charge in [-0.25, -0.2) is 0 Å². The number of amides is 1. The average molecular weight is 237 g/mol. The van der Waals surface area contributed by atoms with Gasteiger partial charge in [-0.15, -0.1) is 11.3 Å². The highest BCUT2D eigenvalue weighted by molar-refractivity contribution is 7.10. The van der Waals surface area contributed by atoms with E-state index in [1.54, 1.807) is 11.3 Å². The second-order valence-corrected chi connectivity index (χ2v) is 5.90. The molecule has 1 aliphatic rings. The van der Waals surface area contributed by atoms with Crippen LogP contribution in [0.15, 0.2) is 11.4 Å². The maximum atomic E-state index is 12.0. The van der Waals surface area contributed by atoms with Gasteiger partial charge in [0.05, 0.1) is 5.56 Å². The molecule has 1 aromatic heterocycles. The van der Waals surface area contributed by atoms with E-state index >= 15 is 0 Å². The molecule has 1 amide bonds. The molecule has 0 radical (unpaired) electrons. The number of rotatable bonds is 2. The van der Waals surface area contributed by atoms with Crippen molar-refractivity contribution in [2.24, 2.45) is 5.92 Å². The molecule has 1 heterocycles. The Morgan fingerprint density at radius 1 is 1.44 bits per heavy atom. The minimum Gasteiger partial charge on any atom is -0.349 e. The monoisotopic (exact) mass is 237 g/mol. The summed E-state index contributed by atoms with van der Waals surface area (Å²) in [5.41, 5.74) is 0.820. The molecule has 0 saturated heterocycles. The zero-order valence-corrected chi connectivity index (χ0v) is 10.8. The summed E-state index contributed by atoms with van der Waals surface area (Å²) >= 11 is 1.63. The lowest BCUT2D eigenvalue weighted by Crippen LogP contribution is -2.40. The van der Waals surface area contributed by atoms with Gasteiger partial charge in [0.2, 0.25) is 0 Å². The SMILES string of the molecule is Cc1cc(C(=O)NC2CCCCC2C)cs1. The highest BCUT2D eigenvalue weighted by Gasteiger charge is 2.23. The lowest BCUT2D eigenvalue weighted by Gasteiger charge is -2.29. The van der Waals surface area contributed by atoms with Crippen LogP contribution in [-0.2, 0) is 0 Å². The van der Waals surface area contributed by atoms with E-state index in [2.05, 4.69) is 12.2 Å². The molecular formula is C13H19NOS. The maximum Gasteiger partial charge on any atom is 0.252 e. The molecule has 1 N–H and O–H groups in total. The Morgan fingerprint density at radius 3 is 2.81 bits per heavy atom. The molecular weight excluding hydrogens is 218 g/mol. The first-order valence-electron chi connectivity index (χ1n) is 6.03. The molecule has 88 valence electrons. The molecule has 2 rings (SSSR count). The van der Waals surface area contributed by atoms with Gasteiger partial charge in [0.1, 0.15) is 0 Å². The standard InChI is InChI=1S/C13H19NOS/c1-9-5-3-4-6-12(9)14-13(15)11-7-10(2)16-8-11/h7-9,12H,3-6H2,1-2H3,(H,14,15). The van der Waals surface area contributed by atoms with E-state index in [1.807, 2.05) is 18.4 Å². The summed E-state index contributed by atoms with van der Waals surface area (Å²) < 4.78 is 0. The second kappa shape index (κ2) is 5.00. The third-order valence-electron chi connectivity index (χ3n) is 3.42. The molecule has 1 aliphatic carbocycles. The van der Waals surface area contributed by atoms with E-state index in [9.17, 15) is 4.79 Å². The average Bonchev–Trinajstić information content (AvgIpc) is 2.68. The first-order valence-corrected chi connectivity index (χ1v) is 6.91. The number of carbonyl (C=O) groups excluding carboxylic acids is 1. The quantitative estimate of drug-likeness (QED) is 0.839. The molecule has 3 heteroatoms. The van der Waals surface area contributed by atoms with Crippen LogP contribution >= 0.6 is 11.3 Å². The van der Waals surface area contributed by atoms with Crippen molar-refractivity contribution in [3.8, 4) is 0 Å². The summed E-state index contributed by atoms with van der Waals surface area (Å²) in [6, 6.07) is 2.34. The van der Waals surface area contributed by atoms with Crippen molar-refractivity contribution >= 4 is 17.2 Å². The Hall–Kier alpha value is -0.830. The van der Waals surface area contributed by atoms with Crippen LogP contribution in [0, 0.1) is 12.8 Å². The molecule has 1 aromatic rings. The summed E-state index contributed by atoms with van der Waals surface area (Å²) in [5, 5.41) is 5.11. The van der Waals surface area contributed by atoms with Gasteiger partial charge in [-0.2, -0.15) is 0 Å². The molecule has 0 bridgehead atoms. The molecule has 16 heavy (non-hydrogen) atoms. The molecule has 2 atom stereocenters. The van der Waals surface area contributed by atoms with E-state index in [4.69, 9.17) is 0 Å². The normalized spacial score (nSPS) is 25.4. The molecule has 1 saturated carbocycles. The van der Waals surface area contributed by atoms with Crippen molar-refractivity contribution < 1.29 is 4.79 Å². The summed E-state index contributed by atoms with van der Waals surface area (Å²) in [6.07, 6.45) is 4.94. The Balaban J connectivity index is 1.96. The van der Waals surface area contributed by atoms with Crippen molar-refractivity contribution in [2.75, 3.05) is 0 Å². The van der Waals surface area contributed by atoms with E-state index < -0.39 is 0 Å². The van der Waals surface area contributed by atoms with Gasteiger partial charge in [0.15, 0.2) is 0 Å². The van der Waals surface area contributed by atoms with E-state index in [0.29, 0.717) is 12.0 Å². The highest BCUT2D eigenvalue weighted by atomic mass is 32.1. The smallest absolute Gasteiger partial charge is 0.252 e. The largest absolute Gasteiger partial charge is 0.349 e. The van der Waals surface area contributed by atoms with Gasteiger partial charge in [-0.05, 0) is 31.7 Å². The zero-order chi connectivity index (χ0) is 11.5. The van der Waals surface area contributed by atoms with Gasteiger partial charge >= 0.3 is 0 Å². The summed E-state index contributed by atoms with van der Waals surface area (Å²) in [4.78, 5) is 13.2. The van der Waals surface area contributed by atoms with Crippen LogP contribution in [0.4, 0.5) is 0 Å². The third kappa shape index (κ3) is 2.64. The van der Waals surface area contributed by atoms with Crippen LogP contribution in [0.25, 0.3) is 0 Å². The second-order valence-electron chi connectivity index (χ2n) is 4.79. The van der Waals surface area contributed by atoms with Crippen LogP contribution in [0.2, 0.25) is 0 Å². The number of carbonyl (C=O) groups is 1. The van der Waals surface area contributed by atoms with Gasteiger partial charge in [-0.1, -0.05) is 19.8 Å². The molecule has 2 nitrogen and oxygen atoms in total. The Morgan fingerprint density at radius 2 is 2.19 bits per heavy atom. The fourth-order valence-corrected chi connectivity index (χ4v) is 3.03. The van der Waals surface area contributed by atoms with E-state index in [0.717, 1.165) is 12.0 Å². The molecule has 1 fully saturated rings. The van der Waals surface area contributed by atoms with Crippen LogP contribution in [0.3, 0.4) is 0 Å². The van der Waals surface area contributed by atoms with Gasteiger partial charge in [0.25, 0.3) is 5.91 Å². The first kappa shape index (κ1) is 11.6. The first-order chi connectivity index (χ1) is 7.66. The number of hydrogen-bond acceptors (Lipinski definition) is 2. The van der Waals surface area contributed by atoms with Crippen LogP contribution in [-0.4, -0.2) is 11.9 Å². The summed E-state index contributed by atoms with van der Waals surface area (Å²) in [6.45, 7) is 4.27. The van der Waals surface area contributed by atoms with Crippen molar-refractivity contribution in [3.05, 3.63) is 21.9 Å². The van der Waals surface area contributed by atoms with Crippen molar-refractivity contribution in [1.82, 2.24) is 5.32 Å². The summed E-state index contributed by atoms with van der Waals surface area (Å²) in [5.74, 6) is 0.723. The zero-order valence-electron chi connectivity index (χ0n) is 9.95. The molecule has 0 aromatic carbocycles. The van der Waals surface area contributed by atoms with Crippen LogP contribution in [0.1, 0.15) is 47.8 Å². The Kier molecular flexibility index (Phi) is 3.64. The minimum absolute atomic E-state index is 0.100. The highest BCUT2D eigenvalue weighted by Crippen LogP contribution is 2.24. The fourth-order valence-electron chi connectivity index (χ4n) is 2.34. The van der Waals surface area contributed by atoms with Crippen molar-refractivity contribution in [3.63, 3.8) is 0 Å². The molecule has 0 spiro atoms. The van der Waals surface area contributed by atoms with Crippen molar-refractivity contribution in [2.45, 2.75) is 45.6 Å². The fraction of sp³-hybridized carbons (Fsp3) is 0.615. The van der Waals surface area contributed by atoms with Gasteiger partial charge in [-0.3, -0.25) is 4.79 Å².